The molecule has 0 saturated heterocycles. The van der Waals surface area contributed by atoms with Crippen molar-refractivity contribution in [3.63, 3.8) is 0 Å². The van der Waals surface area contributed by atoms with Gasteiger partial charge in [-0.1, -0.05) is 19.3 Å². The van der Waals surface area contributed by atoms with Crippen LogP contribution in [0, 0.1) is 13.1 Å². The van der Waals surface area contributed by atoms with Crippen LogP contribution in [0.5, 0.6) is 0 Å². The Kier molecular flexibility index (Phi) is 6.55. The molecule has 0 atom stereocenters. The fourth-order valence-corrected chi connectivity index (χ4v) is 0.394. The first-order valence-electron chi connectivity index (χ1n) is 2.45. The number of pyridine rings is 1. The van der Waals surface area contributed by atoms with Crippen LogP contribution in [-0.4, -0.2) is 4.98 Å². The Hall–Kier alpha value is 0.253. The molecule has 0 amide bonds. The van der Waals surface area contributed by atoms with Gasteiger partial charge in [0.05, 0.1) is 0 Å². The minimum atomic E-state index is 1.18. The van der Waals surface area contributed by atoms with Crippen LogP contribution >= 0.6 is 13.6 Å². The van der Waals surface area contributed by atoms with E-state index in [1.807, 2.05) is 13.0 Å². The first kappa shape index (κ1) is 9.25. The van der Waals surface area contributed by atoms with Gasteiger partial charge in [-0.2, -0.15) is 12.1 Å². The van der Waals surface area contributed by atoms with E-state index in [4.69, 9.17) is 0 Å². The van der Waals surface area contributed by atoms with Crippen molar-refractivity contribution in [2.75, 3.05) is 0 Å². The Balaban J connectivity index is 0.000000291. The Morgan fingerprint density at radius 2 is 2.33 bits per heavy atom. The summed E-state index contributed by atoms with van der Waals surface area (Å²) in [5.74, 6) is 0. The van der Waals surface area contributed by atoms with E-state index in [9.17, 15) is 0 Å². The van der Waals surface area contributed by atoms with E-state index in [1.54, 1.807) is 12.3 Å². The van der Waals surface area contributed by atoms with Crippen molar-refractivity contribution in [3.05, 3.63) is 30.1 Å². The van der Waals surface area contributed by atoms with Crippen molar-refractivity contribution >= 4 is 13.6 Å². The number of rotatable bonds is 0. The number of hydrogen-bond donors (Lipinski definition) is 0. The summed E-state index contributed by atoms with van der Waals surface area (Å²) in [7, 11) is 0. The molecule has 0 bridgehead atoms. The summed E-state index contributed by atoms with van der Waals surface area (Å²) in [5, 5.41) is 0. The van der Waals surface area contributed by atoms with Gasteiger partial charge >= 0.3 is 30.0 Å². The molecular weight excluding hydrogens is 231 g/mol. The molecule has 1 aromatic rings. The molecule has 1 rings (SSSR count). The maximum atomic E-state index is 3.76. The van der Waals surface area contributed by atoms with Gasteiger partial charge in [0.15, 0.2) is 0 Å². The monoisotopic (exact) mass is 235 g/mol. The van der Waals surface area contributed by atoms with Crippen LogP contribution in [-0.2, 0) is 16.3 Å². The van der Waals surface area contributed by atoms with E-state index < -0.39 is 0 Å². The molecule has 0 aromatic carbocycles. The van der Waals surface area contributed by atoms with Crippen LogP contribution in [0.15, 0.2) is 18.3 Å². The number of aryl methyl sites for hydroxylation is 1. The van der Waals surface area contributed by atoms with Crippen LogP contribution in [0.1, 0.15) is 5.56 Å². The summed E-state index contributed by atoms with van der Waals surface area (Å²) in [6.45, 7) is 2.00. The van der Waals surface area contributed by atoms with Crippen LogP contribution in [0.25, 0.3) is 0 Å². The molecule has 0 fully saturated rings. The maximum absolute atomic E-state index is 3.76. The second kappa shape index (κ2) is 6.37. The van der Waals surface area contributed by atoms with Crippen LogP contribution in [0.4, 0.5) is 0 Å². The molecule has 0 radical (unpaired) electrons. The number of nitrogens with zero attached hydrogens (tertiary/aromatic N) is 1. The molecule has 0 unspecified atom stereocenters. The Labute approximate surface area is 71.9 Å². The number of halogens is 1. The van der Waals surface area contributed by atoms with Gasteiger partial charge in [0, 0.05) is 0 Å². The fourth-order valence-electron chi connectivity index (χ4n) is 0.394. The normalized spacial score (nSPS) is 7.56. The molecule has 44 valence electrons. The molecule has 0 spiro atoms. The SMILES string of the molecule is Cc1cc[c-]nc1.[Zn+][Br]. The van der Waals surface area contributed by atoms with E-state index >= 15 is 0 Å². The summed E-state index contributed by atoms with van der Waals surface area (Å²) in [4.78, 5) is 3.76. The van der Waals surface area contributed by atoms with E-state index in [-0.39, 0.29) is 0 Å². The molecule has 1 heterocycles. The quantitative estimate of drug-likeness (QED) is 0.497. The second-order valence-corrected chi connectivity index (χ2v) is 1.46. The third-order valence-electron chi connectivity index (χ3n) is 0.763. The van der Waals surface area contributed by atoms with Gasteiger partial charge in [-0.05, 0) is 0 Å². The molecule has 0 aliphatic rings. The summed E-state index contributed by atoms with van der Waals surface area (Å²) in [5.41, 5.74) is 1.18. The summed E-state index contributed by atoms with van der Waals surface area (Å²) in [6.07, 6.45) is 4.46. The summed E-state index contributed by atoms with van der Waals surface area (Å²) in [6, 6.07) is 3.77. The van der Waals surface area contributed by atoms with Gasteiger partial charge in [0.25, 0.3) is 0 Å². The van der Waals surface area contributed by atoms with Crippen molar-refractivity contribution < 1.29 is 16.3 Å². The van der Waals surface area contributed by atoms with Gasteiger partial charge in [-0.3, -0.25) is 0 Å². The van der Waals surface area contributed by atoms with Crippen molar-refractivity contribution in [2.24, 2.45) is 0 Å². The molecule has 0 saturated carbocycles. The van der Waals surface area contributed by atoms with E-state index in [0.29, 0.717) is 0 Å². The topological polar surface area (TPSA) is 12.9 Å². The van der Waals surface area contributed by atoms with E-state index in [2.05, 4.69) is 24.8 Å². The van der Waals surface area contributed by atoms with Gasteiger partial charge in [0.1, 0.15) is 0 Å². The van der Waals surface area contributed by atoms with E-state index in [1.165, 1.54) is 21.9 Å². The molecule has 3 heteroatoms. The van der Waals surface area contributed by atoms with Crippen LogP contribution in [0.3, 0.4) is 0 Å². The first-order chi connectivity index (χ1) is 4.39. The van der Waals surface area contributed by atoms with Crippen LogP contribution < -0.4 is 0 Å². The van der Waals surface area contributed by atoms with Gasteiger partial charge < -0.3 is 4.98 Å². The molecule has 0 N–H and O–H groups in total. The minimum absolute atomic E-state index is 1.18. The first-order valence-corrected chi connectivity index (χ1v) is 9.40. The standard InChI is InChI=1S/C6H6N.BrH.Zn/c1-6-3-2-4-7-5-6;;/h2-3,5H,1H3;1H;/q-1;;+2/p-1. The third-order valence-corrected chi connectivity index (χ3v) is 0.763. The van der Waals surface area contributed by atoms with Crippen molar-refractivity contribution in [1.29, 1.82) is 0 Å². The zero-order chi connectivity index (χ0) is 7.11. The summed E-state index contributed by atoms with van der Waals surface area (Å²) < 4.78 is 0. The number of aromatic nitrogens is 1. The molecule has 0 aliphatic carbocycles. The average Bonchev–Trinajstić information content (AvgIpc) is 1.94. The number of hydrogen-bond acceptors (Lipinski definition) is 1. The van der Waals surface area contributed by atoms with Crippen molar-refractivity contribution in [3.8, 4) is 0 Å². The average molecular weight is 237 g/mol. The predicted octanol–water partition coefficient (Wildman–Crippen LogP) is 2.03. The second-order valence-electron chi connectivity index (χ2n) is 1.46. The molecule has 9 heavy (non-hydrogen) atoms. The van der Waals surface area contributed by atoms with Gasteiger partial charge in [-0.15, -0.1) is 5.56 Å². The molecular formula is C6H6BrNZn. The van der Waals surface area contributed by atoms with Crippen molar-refractivity contribution in [2.45, 2.75) is 6.92 Å². The molecule has 0 aliphatic heterocycles. The van der Waals surface area contributed by atoms with E-state index in [0.717, 1.165) is 0 Å². The fraction of sp³-hybridized carbons (Fsp3) is 0.167. The Morgan fingerprint density at radius 3 is 2.56 bits per heavy atom. The Morgan fingerprint density at radius 1 is 1.67 bits per heavy atom. The van der Waals surface area contributed by atoms with Crippen LogP contribution in [0.2, 0.25) is 0 Å². The van der Waals surface area contributed by atoms with Crippen molar-refractivity contribution in [1.82, 2.24) is 4.98 Å². The van der Waals surface area contributed by atoms with Gasteiger partial charge in [-0.25, -0.2) is 0 Å². The molecule has 1 nitrogen and oxygen atoms in total. The van der Waals surface area contributed by atoms with Gasteiger partial charge in [0.2, 0.25) is 0 Å². The molecule has 1 aromatic heterocycles. The zero-order valence-corrected chi connectivity index (χ0v) is 9.82. The Bertz CT molecular complexity index is 143. The predicted molar refractivity (Wildman–Crippen MR) is 36.7 cm³/mol. The zero-order valence-electron chi connectivity index (χ0n) is 5.26. The summed E-state index contributed by atoms with van der Waals surface area (Å²) >= 11 is 4.25. The third kappa shape index (κ3) is 4.74.